The molecule has 0 N–H and O–H groups in total. The van der Waals surface area contributed by atoms with E-state index in [9.17, 15) is 0 Å². The summed E-state index contributed by atoms with van der Waals surface area (Å²) in [5.41, 5.74) is 0. The quantitative estimate of drug-likeness (QED) is 0.518. The predicted molar refractivity (Wildman–Crippen MR) is 54.2 cm³/mol. The lowest BCUT2D eigenvalue weighted by molar-refractivity contribution is 0.864. The van der Waals surface area contributed by atoms with Crippen LogP contribution in [0.5, 0.6) is 0 Å². The average Bonchev–Trinajstić information content (AvgIpc) is 2.01. The molecule has 0 rings (SSSR count). The first-order valence-corrected chi connectivity index (χ1v) is 4.46. The van der Waals surface area contributed by atoms with Gasteiger partial charge in [-0.2, -0.15) is 0 Å². The minimum atomic E-state index is 0.457. The third kappa shape index (κ3) is 7.23. The zero-order valence-electron chi connectivity index (χ0n) is 8.49. The van der Waals surface area contributed by atoms with Crippen molar-refractivity contribution < 1.29 is 0 Å². The second kappa shape index (κ2) is 6.81. The summed E-state index contributed by atoms with van der Waals surface area (Å²) in [5, 5.41) is 0. The van der Waals surface area contributed by atoms with Gasteiger partial charge >= 0.3 is 0 Å². The SMILES string of the molecule is CCC#CC[C](C)C#CC(C)C. The summed E-state index contributed by atoms with van der Waals surface area (Å²) >= 11 is 0. The van der Waals surface area contributed by atoms with Crippen LogP contribution in [0.15, 0.2) is 0 Å². The molecule has 0 bridgehead atoms. The third-order valence-electron chi connectivity index (χ3n) is 1.23. The first-order chi connectivity index (χ1) is 5.66. The molecule has 0 aliphatic heterocycles. The Kier molecular flexibility index (Phi) is 6.31. The Bertz CT molecular complexity index is 214. The normalized spacial score (nSPS) is 8.83. The molecular formula is C12H17. The molecule has 0 aromatic heterocycles. The lowest BCUT2D eigenvalue weighted by atomic mass is 10.1. The van der Waals surface area contributed by atoms with E-state index in [4.69, 9.17) is 0 Å². The first-order valence-electron chi connectivity index (χ1n) is 4.46. The molecule has 0 heteroatoms. The maximum Gasteiger partial charge on any atom is 0.0567 e. The molecule has 0 saturated heterocycles. The highest BCUT2D eigenvalue weighted by atomic mass is 13.9. The van der Waals surface area contributed by atoms with Crippen LogP contribution in [0.25, 0.3) is 0 Å². The first kappa shape index (κ1) is 11.1. The molecule has 0 aromatic carbocycles. The van der Waals surface area contributed by atoms with Crippen molar-refractivity contribution in [2.45, 2.75) is 40.5 Å². The fourth-order valence-corrected chi connectivity index (χ4v) is 0.632. The summed E-state index contributed by atoms with van der Waals surface area (Å²) in [7, 11) is 0. The van der Waals surface area contributed by atoms with Crippen molar-refractivity contribution in [1.82, 2.24) is 0 Å². The Balaban J connectivity index is 3.76. The summed E-state index contributed by atoms with van der Waals surface area (Å²) in [6.45, 7) is 8.29. The molecule has 65 valence electrons. The molecule has 0 spiro atoms. The van der Waals surface area contributed by atoms with E-state index in [1.807, 2.05) is 6.92 Å². The summed E-state index contributed by atoms with van der Waals surface area (Å²) in [4.78, 5) is 0. The molecule has 0 heterocycles. The van der Waals surface area contributed by atoms with Crippen molar-refractivity contribution in [2.75, 3.05) is 0 Å². The molecule has 0 nitrogen and oxygen atoms in total. The topological polar surface area (TPSA) is 0 Å². The van der Waals surface area contributed by atoms with Gasteiger partial charge < -0.3 is 0 Å². The maximum atomic E-state index is 3.12. The Hall–Kier alpha value is -0.880. The molecule has 0 saturated carbocycles. The molecule has 1 radical (unpaired) electrons. The van der Waals surface area contributed by atoms with Crippen molar-refractivity contribution in [2.24, 2.45) is 5.92 Å². The van der Waals surface area contributed by atoms with Crippen LogP contribution in [0.1, 0.15) is 40.5 Å². The minimum Gasteiger partial charge on any atom is -0.104 e. The van der Waals surface area contributed by atoms with Gasteiger partial charge in [0, 0.05) is 18.8 Å². The van der Waals surface area contributed by atoms with Crippen LogP contribution in [-0.4, -0.2) is 0 Å². The average molecular weight is 161 g/mol. The summed E-state index contributed by atoms with van der Waals surface area (Å²) < 4.78 is 0. The van der Waals surface area contributed by atoms with Crippen molar-refractivity contribution in [3.63, 3.8) is 0 Å². The molecule has 0 atom stereocenters. The van der Waals surface area contributed by atoms with Gasteiger partial charge in [0.05, 0.1) is 5.92 Å². The van der Waals surface area contributed by atoms with Crippen LogP contribution in [0.2, 0.25) is 0 Å². The van der Waals surface area contributed by atoms with Crippen LogP contribution < -0.4 is 0 Å². The Morgan fingerprint density at radius 1 is 1.25 bits per heavy atom. The second-order valence-electron chi connectivity index (χ2n) is 3.09. The lowest BCUT2D eigenvalue weighted by Crippen LogP contribution is -1.86. The third-order valence-corrected chi connectivity index (χ3v) is 1.23. The Labute approximate surface area is 76.8 Å². The highest BCUT2D eigenvalue weighted by molar-refractivity contribution is 5.24. The fourth-order valence-electron chi connectivity index (χ4n) is 0.632. The largest absolute Gasteiger partial charge is 0.104 e. The number of rotatable bonds is 1. The monoisotopic (exact) mass is 161 g/mol. The molecule has 0 aromatic rings. The molecule has 12 heavy (non-hydrogen) atoms. The Morgan fingerprint density at radius 2 is 1.92 bits per heavy atom. The van der Waals surface area contributed by atoms with Gasteiger partial charge in [0.1, 0.15) is 0 Å². The van der Waals surface area contributed by atoms with Gasteiger partial charge in [0.25, 0.3) is 0 Å². The highest BCUT2D eigenvalue weighted by Crippen LogP contribution is 2.01. The zero-order valence-corrected chi connectivity index (χ0v) is 8.49. The molecule has 0 amide bonds. The molecule has 0 fully saturated rings. The summed E-state index contributed by atoms with van der Waals surface area (Å²) in [5.74, 6) is 13.9. The van der Waals surface area contributed by atoms with E-state index in [2.05, 4.69) is 44.5 Å². The van der Waals surface area contributed by atoms with Gasteiger partial charge in [0.15, 0.2) is 0 Å². The van der Waals surface area contributed by atoms with Crippen molar-refractivity contribution >= 4 is 0 Å². The maximum absolute atomic E-state index is 3.12. The van der Waals surface area contributed by atoms with E-state index < -0.39 is 0 Å². The van der Waals surface area contributed by atoms with Crippen LogP contribution in [0.3, 0.4) is 0 Å². The van der Waals surface area contributed by atoms with Crippen molar-refractivity contribution in [3.05, 3.63) is 5.92 Å². The van der Waals surface area contributed by atoms with Gasteiger partial charge in [-0.05, 0) is 6.92 Å². The zero-order chi connectivity index (χ0) is 9.40. The highest BCUT2D eigenvalue weighted by Gasteiger charge is 1.93. The summed E-state index contributed by atoms with van der Waals surface area (Å²) in [6, 6.07) is 0. The van der Waals surface area contributed by atoms with E-state index in [0.717, 1.165) is 12.8 Å². The van der Waals surface area contributed by atoms with Crippen LogP contribution in [0.4, 0.5) is 0 Å². The van der Waals surface area contributed by atoms with Gasteiger partial charge in [-0.25, -0.2) is 0 Å². The van der Waals surface area contributed by atoms with E-state index in [0.29, 0.717) is 5.92 Å². The summed E-state index contributed by atoms with van der Waals surface area (Å²) in [6.07, 6.45) is 1.76. The van der Waals surface area contributed by atoms with E-state index in [-0.39, 0.29) is 0 Å². The van der Waals surface area contributed by atoms with Crippen LogP contribution in [0, 0.1) is 35.5 Å². The minimum absolute atomic E-state index is 0.457. The molecule has 0 aliphatic rings. The van der Waals surface area contributed by atoms with Crippen molar-refractivity contribution in [3.8, 4) is 23.7 Å². The molecular weight excluding hydrogens is 144 g/mol. The number of hydrogen-bond donors (Lipinski definition) is 0. The Morgan fingerprint density at radius 3 is 2.42 bits per heavy atom. The molecule has 0 unspecified atom stereocenters. The van der Waals surface area contributed by atoms with Crippen molar-refractivity contribution in [1.29, 1.82) is 0 Å². The van der Waals surface area contributed by atoms with E-state index in [1.165, 1.54) is 5.92 Å². The van der Waals surface area contributed by atoms with E-state index >= 15 is 0 Å². The van der Waals surface area contributed by atoms with Gasteiger partial charge in [-0.3, -0.25) is 0 Å². The van der Waals surface area contributed by atoms with Gasteiger partial charge in [0.2, 0.25) is 0 Å². The number of hydrogen-bond acceptors (Lipinski definition) is 0. The standard InChI is InChI=1S/C12H17/c1-5-6-7-8-12(4)10-9-11(2)3/h11H,5,8H2,1-4H3. The van der Waals surface area contributed by atoms with Gasteiger partial charge in [-0.1, -0.05) is 32.6 Å². The van der Waals surface area contributed by atoms with Gasteiger partial charge in [-0.15, -0.1) is 11.8 Å². The predicted octanol–water partition coefficient (Wildman–Crippen LogP) is 3.04. The van der Waals surface area contributed by atoms with E-state index in [1.54, 1.807) is 0 Å². The fraction of sp³-hybridized carbons (Fsp3) is 0.583. The lowest BCUT2D eigenvalue weighted by Gasteiger charge is -1.94. The molecule has 0 aliphatic carbocycles. The van der Waals surface area contributed by atoms with Crippen LogP contribution >= 0.6 is 0 Å². The smallest absolute Gasteiger partial charge is 0.0567 e. The van der Waals surface area contributed by atoms with Crippen LogP contribution in [-0.2, 0) is 0 Å². The second-order valence-corrected chi connectivity index (χ2v) is 3.09.